The normalized spacial score (nSPS) is 15.7. The lowest BCUT2D eigenvalue weighted by Gasteiger charge is -2.33. The summed E-state index contributed by atoms with van der Waals surface area (Å²) in [7, 11) is 0. The summed E-state index contributed by atoms with van der Waals surface area (Å²) in [5, 5.41) is 3.15. The number of benzene rings is 2. The number of anilines is 1. The second kappa shape index (κ2) is 6.78. The third-order valence-corrected chi connectivity index (χ3v) is 5.01. The standard InChI is InChI=1S/C21H26N2O/c1-14-11-15(2)20(16(3)12-14)22-21(24)17(4)23-10-9-18-7-5-6-8-19(18)13-23/h5-8,11-12,17H,9-10,13H2,1-4H3,(H,22,24)/t17-/m1/s1. The zero-order chi connectivity index (χ0) is 17.3. The molecule has 1 aliphatic heterocycles. The Morgan fingerprint density at radius 1 is 1.08 bits per heavy atom. The molecule has 3 nitrogen and oxygen atoms in total. The van der Waals surface area contributed by atoms with E-state index in [4.69, 9.17) is 0 Å². The van der Waals surface area contributed by atoms with Gasteiger partial charge < -0.3 is 5.32 Å². The SMILES string of the molecule is Cc1cc(C)c(NC(=O)[C@@H](C)N2CCc3ccccc3C2)c(C)c1. The molecule has 0 aliphatic carbocycles. The van der Waals surface area contributed by atoms with Crippen LogP contribution in [0, 0.1) is 20.8 Å². The van der Waals surface area contributed by atoms with Crippen LogP contribution in [0.5, 0.6) is 0 Å². The molecule has 0 fully saturated rings. The van der Waals surface area contributed by atoms with Gasteiger partial charge in [-0.15, -0.1) is 0 Å². The Morgan fingerprint density at radius 3 is 2.38 bits per heavy atom. The van der Waals surface area contributed by atoms with Crippen LogP contribution in [0.25, 0.3) is 0 Å². The van der Waals surface area contributed by atoms with E-state index in [0.717, 1.165) is 36.3 Å². The number of carbonyl (C=O) groups excluding carboxylic acids is 1. The van der Waals surface area contributed by atoms with Gasteiger partial charge in [0.2, 0.25) is 5.91 Å². The van der Waals surface area contributed by atoms with E-state index < -0.39 is 0 Å². The number of carbonyl (C=O) groups is 1. The average Bonchev–Trinajstić information content (AvgIpc) is 2.56. The first kappa shape index (κ1) is 16.7. The molecule has 3 rings (SSSR count). The number of aryl methyl sites for hydroxylation is 3. The van der Waals surface area contributed by atoms with Crippen molar-refractivity contribution in [2.45, 2.75) is 46.7 Å². The third-order valence-electron chi connectivity index (χ3n) is 5.01. The molecular formula is C21H26N2O. The summed E-state index contributed by atoms with van der Waals surface area (Å²) in [5.74, 6) is 0.0736. The van der Waals surface area contributed by atoms with Crippen LogP contribution in [0.15, 0.2) is 36.4 Å². The fourth-order valence-corrected chi connectivity index (χ4v) is 3.62. The minimum absolute atomic E-state index is 0.0736. The Hall–Kier alpha value is -2.13. The van der Waals surface area contributed by atoms with Crippen molar-refractivity contribution < 1.29 is 4.79 Å². The summed E-state index contributed by atoms with van der Waals surface area (Å²) in [6.07, 6.45) is 1.01. The first-order valence-corrected chi connectivity index (χ1v) is 8.65. The quantitative estimate of drug-likeness (QED) is 0.926. The van der Waals surface area contributed by atoms with Gasteiger partial charge in [0.05, 0.1) is 6.04 Å². The van der Waals surface area contributed by atoms with E-state index in [1.165, 1.54) is 16.7 Å². The third kappa shape index (κ3) is 3.36. The summed E-state index contributed by atoms with van der Waals surface area (Å²) >= 11 is 0. The lowest BCUT2D eigenvalue weighted by atomic mass is 9.98. The molecule has 1 heterocycles. The number of hydrogen-bond acceptors (Lipinski definition) is 2. The molecule has 24 heavy (non-hydrogen) atoms. The van der Waals surface area contributed by atoms with Crippen molar-refractivity contribution in [1.82, 2.24) is 4.90 Å². The number of hydrogen-bond donors (Lipinski definition) is 1. The summed E-state index contributed by atoms with van der Waals surface area (Å²) in [5.41, 5.74) is 7.17. The van der Waals surface area contributed by atoms with Crippen molar-refractivity contribution in [2.24, 2.45) is 0 Å². The maximum atomic E-state index is 12.8. The van der Waals surface area contributed by atoms with Gasteiger partial charge in [-0.25, -0.2) is 0 Å². The molecule has 0 saturated carbocycles. The molecule has 0 aromatic heterocycles. The van der Waals surface area contributed by atoms with E-state index >= 15 is 0 Å². The van der Waals surface area contributed by atoms with Gasteiger partial charge in [0.25, 0.3) is 0 Å². The zero-order valence-corrected chi connectivity index (χ0v) is 15.0. The van der Waals surface area contributed by atoms with Crippen LogP contribution in [0.2, 0.25) is 0 Å². The van der Waals surface area contributed by atoms with Crippen molar-refractivity contribution in [3.8, 4) is 0 Å². The monoisotopic (exact) mass is 322 g/mol. The fraction of sp³-hybridized carbons (Fsp3) is 0.381. The minimum atomic E-state index is -0.140. The van der Waals surface area contributed by atoms with Crippen LogP contribution >= 0.6 is 0 Å². The van der Waals surface area contributed by atoms with E-state index in [9.17, 15) is 4.79 Å². The maximum Gasteiger partial charge on any atom is 0.241 e. The largest absolute Gasteiger partial charge is 0.324 e. The molecule has 1 N–H and O–H groups in total. The van der Waals surface area contributed by atoms with Crippen LogP contribution in [0.1, 0.15) is 34.7 Å². The van der Waals surface area contributed by atoms with Crippen LogP contribution < -0.4 is 5.32 Å². The molecule has 3 heteroatoms. The highest BCUT2D eigenvalue weighted by molar-refractivity contribution is 5.96. The molecule has 0 bridgehead atoms. The second-order valence-corrected chi connectivity index (χ2v) is 6.93. The van der Waals surface area contributed by atoms with Crippen LogP contribution in [-0.2, 0) is 17.8 Å². The van der Waals surface area contributed by atoms with Crippen molar-refractivity contribution >= 4 is 11.6 Å². The van der Waals surface area contributed by atoms with E-state index in [-0.39, 0.29) is 11.9 Å². The predicted molar refractivity (Wildman–Crippen MR) is 99.3 cm³/mol. The van der Waals surface area contributed by atoms with Crippen molar-refractivity contribution in [1.29, 1.82) is 0 Å². The second-order valence-electron chi connectivity index (χ2n) is 6.93. The topological polar surface area (TPSA) is 32.3 Å². The van der Waals surface area contributed by atoms with Gasteiger partial charge in [0.1, 0.15) is 0 Å². The Bertz CT molecular complexity index is 743. The number of rotatable bonds is 3. The maximum absolute atomic E-state index is 12.8. The minimum Gasteiger partial charge on any atom is -0.324 e. The Kier molecular flexibility index (Phi) is 4.72. The highest BCUT2D eigenvalue weighted by atomic mass is 16.2. The van der Waals surface area contributed by atoms with Gasteiger partial charge in [-0.2, -0.15) is 0 Å². The lowest BCUT2D eigenvalue weighted by Crippen LogP contribution is -2.44. The Labute approximate surface area is 144 Å². The molecule has 2 aromatic carbocycles. The van der Waals surface area contributed by atoms with Crippen LogP contribution in [0.4, 0.5) is 5.69 Å². The van der Waals surface area contributed by atoms with E-state index in [1.54, 1.807) is 0 Å². The fourth-order valence-electron chi connectivity index (χ4n) is 3.62. The molecule has 1 amide bonds. The lowest BCUT2D eigenvalue weighted by molar-refractivity contribution is -0.121. The number of amides is 1. The van der Waals surface area contributed by atoms with Gasteiger partial charge in [-0.05, 0) is 56.4 Å². The van der Waals surface area contributed by atoms with E-state index in [1.807, 2.05) is 6.92 Å². The van der Waals surface area contributed by atoms with Crippen LogP contribution in [0.3, 0.4) is 0 Å². The van der Waals surface area contributed by atoms with Gasteiger partial charge in [-0.1, -0.05) is 42.0 Å². The van der Waals surface area contributed by atoms with Gasteiger partial charge in [0.15, 0.2) is 0 Å². The summed E-state index contributed by atoms with van der Waals surface area (Å²) < 4.78 is 0. The molecule has 0 unspecified atom stereocenters. The summed E-state index contributed by atoms with van der Waals surface area (Å²) in [6.45, 7) is 9.96. The van der Waals surface area contributed by atoms with Crippen molar-refractivity contribution in [3.63, 3.8) is 0 Å². The molecule has 0 radical (unpaired) electrons. The Balaban J connectivity index is 1.72. The molecule has 0 spiro atoms. The number of nitrogens with zero attached hydrogens (tertiary/aromatic N) is 1. The first-order valence-electron chi connectivity index (χ1n) is 8.65. The van der Waals surface area contributed by atoms with Gasteiger partial charge >= 0.3 is 0 Å². The highest BCUT2D eigenvalue weighted by Crippen LogP contribution is 2.24. The molecule has 126 valence electrons. The number of nitrogens with one attached hydrogen (secondary N) is 1. The van der Waals surface area contributed by atoms with Crippen molar-refractivity contribution in [2.75, 3.05) is 11.9 Å². The van der Waals surface area contributed by atoms with Gasteiger partial charge in [0, 0.05) is 18.8 Å². The number of fused-ring (bicyclic) bond motifs is 1. The molecular weight excluding hydrogens is 296 g/mol. The molecule has 2 aromatic rings. The predicted octanol–water partition coefficient (Wildman–Crippen LogP) is 4.00. The zero-order valence-electron chi connectivity index (χ0n) is 15.0. The van der Waals surface area contributed by atoms with E-state index in [2.05, 4.69) is 67.4 Å². The highest BCUT2D eigenvalue weighted by Gasteiger charge is 2.25. The molecule has 0 saturated heterocycles. The van der Waals surface area contributed by atoms with E-state index in [0.29, 0.717) is 0 Å². The smallest absolute Gasteiger partial charge is 0.241 e. The Morgan fingerprint density at radius 2 is 1.71 bits per heavy atom. The average molecular weight is 322 g/mol. The summed E-state index contributed by atoms with van der Waals surface area (Å²) in [4.78, 5) is 15.0. The van der Waals surface area contributed by atoms with Crippen LogP contribution in [-0.4, -0.2) is 23.4 Å². The first-order chi connectivity index (χ1) is 11.5. The molecule has 1 aliphatic rings. The molecule has 1 atom stereocenters. The van der Waals surface area contributed by atoms with Crippen molar-refractivity contribution in [3.05, 3.63) is 64.2 Å². The summed E-state index contributed by atoms with van der Waals surface area (Å²) in [6, 6.07) is 12.6. The van der Waals surface area contributed by atoms with Gasteiger partial charge in [-0.3, -0.25) is 9.69 Å².